The second-order valence-electron chi connectivity index (χ2n) is 4.72. The molecule has 2 nitrogen and oxygen atoms in total. The summed E-state index contributed by atoms with van der Waals surface area (Å²) in [6.45, 7) is 15.5. The maximum absolute atomic E-state index is 3.61. The predicted octanol–water partition coefficient (Wildman–Crippen LogP) is 3.18. The fraction of sp³-hybridized carbons (Fsp3) is 0.714. The number of likely N-dealkylation sites (N-methyl/N-ethyl adjacent to an activating group) is 1. The SMILES string of the molecule is CCN(CC)CC(C)NCc1cc(C)c(C)s1. The molecule has 0 saturated heterocycles. The highest BCUT2D eigenvalue weighted by atomic mass is 32.1. The van der Waals surface area contributed by atoms with Crippen molar-refractivity contribution in [3.8, 4) is 0 Å². The van der Waals surface area contributed by atoms with Crippen LogP contribution in [0.1, 0.15) is 36.1 Å². The van der Waals surface area contributed by atoms with E-state index in [0.29, 0.717) is 6.04 Å². The summed E-state index contributed by atoms with van der Waals surface area (Å²) in [4.78, 5) is 5.35. The molecule has 0 radical (unpaired) electrons. The number of nitrogens with one attached hydrogen (secondary N) is 1. The third kappa shape index (κ3) is 4.78. The molecule has 0 aromatic carbocycles. The molecule has 1 N–H and O–H groups in total. The van der Waals surface area contributed by atoms with E-state index in [1.807, 2.05) is 11.3 Å². The first-order valence-corrected chi connectivity index (χ1v) is 7.40. The Morgan fingerprint density at radius 1 is 1.29 bits per heavy atom. The number of rotatable bonds is 7. The minimum atomic E-state index is 0.553. The topological polar surface area (TPSA) is 15.3 Å². The van der Waals surface area contributed by atoms with Gasteiger partial charge in [-0.15, -0.1) is 11.3 Å². The molecule has 1 rings (SSSR count). The molecule has 0 aliphatic rings. The van der Waals surface area contributed by atoms with Crippen LogP contribution < -0.4 is 5.32 Å². The Hall–Kier alpha value is -0.380. The molecule has 3 heteroatoms. The summed E-state index contributed by atoms with van der Waals surface area (Å²) in [5.74, 6) is 0. The molecule has 0 spiro atoms. The summed E-state index contributed by atoms with van der Waals surface area (Å²) in [7, 11) is 0. The van der Waals surface area contributed by atoms with Crippen molar-refractivity contribution in [2.45, 2.75) is 47.2 Å². The second-order valence-corrected chi connectivity index (χ2v) is 6.06. The predicted molar refractivity (Wildman–Crippen MR) is 77.9 cm³/mol. The zero-order chi connectivity index (χ0) is 12.8. The zero-order valence-electron chi connectivity index (χ0n) is 11.8. The lowest BCUT2D eigenvalue weighted by atomic mass is 10.2. The highest BCUT2D eigenvalue weighted by molar-refractivity contribution is 7.12. The Kier molecular flexibility index (Phi) is 6.17. The van der Waals surface area contributed by atoms with E-state index >= 15 is 0 Å². The van der Waals surface area contributed by atoms with Gasteiger partial charge < -0.3 is 10.2 Å². The fourth-order valence-electron chi connectivity index (χ4n) is 1.95. The van der Waals surface area contributed by atoms with Crippen LogP contribution in [-0.4, -0.2) is 30.6 Å². The second kappa shape index (κ2) is 7.14. The van der Waals surface area contributed by atoms with Gasteiger partial charge in [-0.25, -0.2) is 0 Å². The first-order chi connectivity index (χ1) is 8.06. The van der Waals surface area contributed by atoms with E-state index in [2.05, 4.69) is 50.9 Å². The van der Waals surface area contributed by atoms with E-state index in [9.17, 15) is 0 Å². The lowest BCUT2D eigenvalue weighted by Gasteiger charge is -2.23. The van der Waals surface area contributed by atoms with Gasteiger partial charge in [-0.05, 0) is 45.5 Å². The molecule has 1 heterocycles. The van der Waals surface area contributed by atoms with Crippen LogP contribution >= 0.6 is 11.3 Å². The molecular formula is C14H26N2S. The van der Waals surface area contributed by atoms with Crippen molar-refractivity contribution in [1.82, 2.24) is 10.2 Å². The normalized spacial score (nSPS) is 13.3. The van der Waals surface area contributed by atoms with Gasteiger partial charge in [-0.2, -0.15) is 0 Å². The van der Waals surface area contributed by atoms with Gasteiger partial charge in [0.1, 0.15) is 0 Å². The van der Waals surface area contributed by atoms with Gasteiger partial charge in [-0.1, -0.05) is 13.8 Å². The van der Waals surface area contributed by atoms with Crippen molar-refractivity contribution in [3.05, 3.63) is 21.4 Å². The number of thiophene rings is 1. The van der Waals surface area contributed by atoms with Crippen molar-refractivity contribution in [3.63, 3.8) is 0 Å². The Morgan fingerprint density at radius 2 is 1.94 bits per heavy atom. The van der Waals surface area contributed by atoms with Crippen LogP contribution in [0.25, 0.3) is 0 Å². The molecule has 0 aliphatic heterocycles. The number of aryl methyl sites for hydroxylation is 2. The zero-order valence-corrected chi connectivity index (χ0v) is 12.7. The average molecular weight is 254 g/mol. The van der Waals surface area contributed by atoms with Crippen LogP contribution in [0.5, 0.6) is 0 Å². The highest BCUT2D eigenvalue weighted by Crippen LogP contribution is 2.20. The van der Waals surface area contributed by atoms with Gasteiger partial charge in [0.05, 0.1) is 0 Å². The molecule has 0 aliphatic carbocycles. The van der Waals surface area contributed by atoms with Crippen molar-refractivity contribution in [2.24, 2.45) is 0 Å². The molecular weight excluding hydrogens is 228 g/mol. The molecule has 98 valence electrons. The van der Waals surface area contributed by atoms with Crippen LogP contribution in [0, 0.1) is 13.8 Å². The van der Waals surface area contributed by atoms with Crippen LogP contribution in [0.4, 0.5) is 0 Å². The summed E-state index contributed by atoms with van der Waals surface area (Å²) in [5, 5.41) is 3.61. The maximum Gasteiger partial charge on any atom is 0.0302 e. The van der Waals surface area contributed by atoms with Crippen molar-refractivity contribution in [2.75, 3.05) is 19.6 Å². The Balaban J connectivity index is 2.35. The quantitative estimate of drug-likeness (QED) is 0.804. The summed E-state index contributed by atoms with van der Waals surface area (Å²) < 4.78 is 0. The Bertz CT molecular complexity index is 309. The van der Waals surface area contributed by atoms with Crippen LogP contribution in [0.15, 0.2) is 6.07 Å². The summed E-state index contributed by atoms with van der Waals surface area (Å²) in [6, 6.07) is 2.86. The van der Waals surface area contributed by atoms with Gasteiger partial charge in [-0.3, -0.25) is 0 Å². The minimum Gasteiger partial charge on any atom is -0.308 e. The number of hydrogen-bond donors (Lipinski definition) is 1. The molecule has 0 bridgehead atoms. The lowest BCUT2D eigenvalue weighted by Crippen LogP contribution is -2.38. The van der Waals surface area contributed by atoms with E-state index in [1.165, 1.54) is 15.3 Å². The summed E-state index contributed by atoms with van der Waals surface area (Å²) in [5.41, 5.74) is 1.42. The third-order valence-corrected chi connectivity index (χ3v) is 4.42. The molecule has 0 saturated carbocycles. The van der Waals surface area contributed by atoms with E-state index in [1.54, 1.807) is 0 Å². The van der Waals surface area contributed by atoms with Gasteiger partial charge in [0.15, 0.2) is 0 Å². The van der Waals surface area contributed by atoms with Crippen LogP contribution in [-0.2, 0) is 6.54 Å². The highest BCUT2D eigenvalue weighted by Gasteiger charge is 2.07. The third-order valence-electron chi connectivity index (χ3n) is 3.27. The van der Waals surface area contributed by atoms with Gasteiger partial charge in [0, 0.05) is 28.9 Å². The first kappa shape index (κ1) is 14.7. The Labute approximate surface area is 110 Å². The van der Waals surface area contributed by atoms with E-state index < -0.39 is 0 Å². The molecule has 17 heavy (non-hydrogen) atoms. The smallest absolute Gasteiger partial charge is 0.0302 e. The van der Waals surface area contributed by atoms with Crippen LogP contribution in [0.2, 0.25) is 0 Å². The molecule has 1 aromatic rings. The summed E-state index contributed by atoms with van der Waals surface area (Å²) >= 11 is 1.91. The molecule has 1 aromatic heterocycles. The van der Waals surface area contributed by atoms with E-state index in [-0.39, 0.29) is 0 Å². The minimum absolute atomic E-state index is 0.553. The van der Waals surface area contributed by atoms with Gasteiger partial charge >= 0.3 is 0 Å². The molecule has 1 atom stereocenters. The lowest BCUT2D eigenvalue weighted by molar-refractivity contribution is 0.271. The first-order valence-electron chi connectivity index (χ1n) is 6.58. The summed E-state index contributed by atoms with van der Waals surface area (Å²) in [6.07, 6.45) is 0. The van der Waals surface area contributed by atoms with Gasteiger partial charge in [0.2, 0.25) is 0 Å². The number of nitrogens with zero attached hydrogens (tertiary/aromatic N) is 1. The average Bonchev–Trinajstić information content (AvgIpc) is 2.63. The van der Waals surface area contributed by atoms with Crippen molar-refractivity contribution >= 4 is 11.3 Å². The van der Waals surface area contributed by atoms with Gasteiger partial charge in [0.25, 0.3) is 0 Å². The fourth-order valence-corrected chi connectivity index (χ4v) is 2.95. The van der Waals surface area contributed by atoms with Crippen LogP contribution in [0.3, 0.4) is 0 Å². The standard InChI is InChI=1S/C14H26N2S/c1-6-16(7-2)10-12(4)15-9-14-8-11(3)13(5)17-14/h8,12,15H,6-7,9-10H2,1-5H3. The van der Waals surface area contributed by atoms with E-state index in [0.717, 1.165) is 26.2 Å². The molecule has 0 amide bonds. The molecule has 0 fully saturated rings. The molecule has 1 unspecified atom stereocenters. The maximum atomic E-state index is 3.61. The largest absolute Gasteiger partial charge is 0.308 e. The van der Waals surface area contributed by atoms with E-state index in [4.69, 9.17) is 0 Å². The Morgan fingerprint density at radius 3 is 2.41 bits per heavy atom. The van der Waals surface area contributed by atoms with Crippen molar-refractivity contribution < 1.29 is 0 Å². The van der Waals surface area contributed by atoms with Crippen molar-refractivity contribution in [1.29, 1.82) is 0 Å². The number of hydrogen-bond acceptors (Lipinski definition) is 3. The monoisotopic (exact) mass is 254 g/mol.